The van der Waals surface area contributed by atoms with Gasteiger partial charge in [0.2, 0.25) is 10.0 Å². The summed E-state index contributed by atoms with van der Waals surface area (Å²) in [6, 6.07) is 20.2. The fraction of sp³-hybridized carbons (Fsp3) is 0.280. The molecule has 7 nitrogen and oxygen atoms in total. The van der Waals surface area contributed by atoms with Gasteiger partial charge in [-0.2, -0.15) is 4.31 Å². The molecule has 0 N–H and O–H groups in total. The lowest BCUT2D eigenvalue weighted by molar-refractivity contribution is 0.0695. The maximum atomic E-state index is 13.1. The van der Waals surface area contributed by atoms with E-state index in [4.69, 9.17) is 0 Å². The van der Waals surface area contributed by atoms with Crippen LogP contribution in [0.3, 0.4) is 0 Å². The van der Waals surface area contributed by atoms with Gasteiger partial charge in [-0.3, -0.25) is 9.59 Å². The minimum Gasteiger partial charge on any atom is -0.336 e. The molecule has 0 bridgehead atoms. The largest absolute Gasteiger partial charge is 0.336 e. The van der Waals surface area contributed by atoms with Crippen LogP contribution in [-0.4, -0.2) is 54.3 Å². The molecule has 172 valence electrons. The molecular weight excluding hydrogens is 438 g/mol. The first-order valence-corrected chi connectivity index (χ1v) is 12.5. The second kappa shape index (κ2) is 9.72. The molecule has 8 heteroatoms. The normalized spacial score (nSPS) is 14.9. The maximum Gasteiger partial charge on any atom is 0.263 e. The van der Waals surface area contributed by atoms with Gasteiger partial charge in [0.05, 0.1) is 12.3 Å². The topological polar surface area (TPSA) is 79.7 Å². The second-order valence-electron chi connectivity index (χ2n) is 8.28. The van der Waals surface area contributed by atoms with Crippen molar-refractivity contribution in [3.8, 4) is 0 Å². The van der Waals surface area contributed by atoms with E-state index < -0.39 is 10.0 Å². The van der Waals surface area contributed by atoms with E-state index in [2.05, 4.69) is 0 Å². The summed E-state index contributed by atoms with van der Waals surface area (Å²) >= 11 is 0. The molecule has 0 atom stereocenters. The molecule has 1 fully saturated rings. The Kier molecular flexibility index (Phi) is 6.76. The standard InChI is InChI=1S/C25H27N3O4S/c1-20-7-5-10-22(17-20)18-27-12-6-11-23(25(27)30)24(29)26-13-15-28(16-14-26)33(31,32)19-21-8-3-2-4-9-21/h2-12,17H,13-16,18-19H2,1H3. The number of carbonyl (C=O) groups excluding carboxylic acids is 1. The molecule has 0 spiro atoms. The van der Waals surface area contributed by atoms with E-state index in [0.717, 1.165) is 16.7 Å². The quantitative estimate of drug-likeness (QED) is 0.560. The summed E-state index contributed by atoms with van der Waals surface area (Å²) in [4.78, 5) is 27.6. The van der Waals surface area contributed by atoms with E-state index in [0.29, 0.717) is 6.54 Å². The van der Waals surface area contributed by atoms with E-state index >= 15 is 0 Å². The Labute approximate surface area is 193 Å². The second-order valence-corrected chi connectivity index (χ2v) is 10.2. The van der Waals surface area contributed by atoms with Gasteiger partial charge in [0.1, 0.15) is 5.56 Å². The molecule has 0 saturated carbocycles. The van der Waals surface area contributed by atoms with Gasteiger partial charge in [-0.25, -0.2) is 8.42 Å². The Balaban J connectivity index is 1.43. The molecule has 1 amide bonds. The summed E-state index contributed by atoms with van der Waals surface area (Å²) < 4.78 is 28.5. The van der Waals surface area contributed by atoms with Crippen molar-refractivity contribution in [1.82, 2.24) is 13.8 Å². The third-order valence-electron chi connectivity index (χ3n) is 5.80. The van der Waals surface area contributed by atoms with Gasteiger partial charge in [0, 0.05) is 32.4 Å². The zero-order valence-electron chi connectivity index (χ0n) is 18.6. The number of rotatable bonds is 6. The number of piperazine rings is 1. The first kappa shape index (κ1) is 22.9. The number of amides is 1. The number of carbonyl (C=O) groups is 1. The highest BCUT2D eigenvalue weighted by Crippen LogP contribution is 2.15. The molecule has 0 radical (unpaired) electrons. The molecule has 3 aromatic rings. The summed E-state index contributed by atoms with van der Waals surface area (Å²) in [6.07, 6.45) is 1.68. The lowest BCUT2D eigenvalue weighted by atomic mass is 10.1. The highest BCUT2D eigenvalue weighted by molar-refractivity contribution is 7.88. The zero-order chi connectivity index (χ0) is 23.4. The van der Waals surface area contributed by atoms with Crippen LogP contribution in [0, 0.1) is 6.92 Å². The number of pyridine rings is 1. The Morgan fingerprint density at radius 1 is 0.879 bits per heavy atom. The number of hydrogen-bond donors (Lipinski definition) is 0. The summed E-state index contributed by atoms with van der Waals surface area (Å²) in [5.41, 5.74) is 2.58. The van der Waals surface area contributed by atoms with Crippen LogP contribution in [0.2, 0.25) is 0 Å². The number of sulfonamides is 1. The van der Waals surface area contributed by atoms with E-state index in [1.54, 1.807) is 29.3 Å². The Hall–Kier alpha value is -3.23. The van der Waals surface area contributed by atoms with Crippen LogP contribution in [0.4, 0.5) is 0 Å². The zero-order valence-corrected chi connectivity index (χ0v) is 19.4. The van der Waals surface area contributed by atoms with Gasteiger partial charge < -0.3 is 9.47 Å². The van der Waals surface area contributed by atoms with Crippen molar-refractivity contribution in [2.75, 3.05) is 26.2 Å². The molecule has 1 aromatic heterocycles. The highest BCUT2D eigenvalue weighted by Gasteiger charge is 2.30. The fourth-order valence-electron chi connectivity index (χ4n) is 4.05. The Bertz CT molecular complexity index is 1290. The molecule has 0 aliphatic carbocycles. The van der Waals surface area contributed by atoms with Gasteiger partial charge in [0.15, 0.2) is 0 Å². The van der Waals surface area contributed by atoms with Gasteiger partial charge in [-0.05, 0) is 30.2 Å². The van der Waals surface area contributed by atoms with E-state index in [-0.39, 0.29) is 49.0 Å². The van der Waals surface area contributed by atoms with Crippen molar-refractivity contribution in [3.05, 3.63) is 106 Å². The molecule has 1 saturated heterocycles. The average Bonchev–Trinajstić information content (AvgIpc) is 2.80. The minimum atomic E-state index is -3.47. The summed E-state index contributed by atoms with van der Waals surface area (Å²) in [7, 11) is -3.47. The number of benzene rings is 2. The number of aryl methyl sites for hydroxylation is 1. The Morgan fingerprint density at radius 3 is 2.27 bits per heavy atom. The predicted octanol–water partition coefficient (Wildman–Crippen LogP) is 2.49. The van der Waals surface area contributed by atoms with Crippen molar-refractivity contribution in [3.63, 3.8) is 0 Å². The van der Waals surface area contributed by atoms with Crippen LogP contribution in [0.5, 0.6) is 0 Å². The van der Waals surface area contributed by atoms with Crippen molar-refractivity contribution in [2.45, 2.75) is 19.2 Å². The van der Waals surface area contributed by atoms with Gasteiger partial charge in [0.25, 0.3) is 11.5 Å². The third kappa shape index (κ3) is 5.40. The van der Waals surface area contributed by atoms with E-state index in [1.807, 2.05) is 49.4 Å². The smallest absolute Gasteiger partial charge is 0.263 e. The van der Waals surface area contributed by atoms with Gasteiger partial charge in [-0.1, -0.05) is 60.2 Å². The van der Waals surface area contributed by atoms with Crippen LogP contribution in [-0.2, 0) is 22.3 Å². The van der Waals surface area contributed by atoms with E-state index in [9.17, 15) is 18.0 Å². The predicted molar refractivity (Wildman–Crippen MR) is 128 cm³/mol. The lowest BCUT2D eigenvalue weighted by Crippen LogP contribution is -2.51. The molecule has 4 rings (SSSR count). The number of hydrogen-bond acceptors (Lipinski definition) is 4. The lowest BCUT2D eigenvalue weighted by Gasteiger charge is -2.34. The van der Waals surface area contributed by atoms with Crippen LogP contribution >= 0.6 is 0 Å². The van der Waals surface area contributed by atoms with Crippen LogP contribution < -0.4 is 5.56 Å². The molecular formula is C25H27N3O4S. The first-order chi connectivity index (χ1) is 15.8. The molecule has 33 heavy (non-hydrogen) atoms. The van der Waals surface area contributed by atoms with E-state index in [1.165, 1.54) is 14.9 Å². The third-order valence-corrected chi connectivity index (χ3v) is 7.65. The molecule has 2 aromatic carbocycles. The summed E-state index contributed by atoms with van der Waals surface area (Å²) in [5, 5.41) is 0. The first-order valence-electron chi connectivity index (χ1n) is 10.9. The molecule has 1 aliphatic heterocycles. The van der Waals surface area contributed by atoms with Crippen LogP contribution in [0.15, 0.2) is 77.7 Å². The average molecular weight is 466 g/mol. The molecule has 1 aliphatic rings. The van der Waals surface area contributed by atoms with Crippen molar-refractivity contribution >= 4 is 15.9 Å². The van der Waals surface area contributed by atoms with Crippen LogP contribution in [0.1, 0.15) is 27.0 Å². The monoisotopic (exact) mass is 465 g/mol. The minimum absolute atomic E-state index is 0.0653. The van der Waals surface area contributed by atoms with Crippen molar-refractivity contribution in [1.29, 1.82) is 0 Å². The number of nitrogens with zero attached hydrogens (tertiary/aromatic N) is 3. The maximum absolute atomic E-state index is 13.1. The van der Waals surface area contributed by atoms with Crippen LogP contribution in [0.25, 0.3) is 0 Å². The fourth-order valence-corrected chi connectivity index (χ4v) is 5.56. The van der Waals surface area contributed by atoms with Crippen molar-refractivity contribution < 1.29 is 13.2 Å². The summed E-state index contributed by atoms with van der Waals surface area (Å²) in [6.45, 7) is 3.30. The number of aromatic nitrogens is 1. The van der Waals surface area contributed by atoms with Crippen molar-refractivity contribution in [2.24, 2.45) is 0 Å². The molecule has 0 unspecified atom stereocenters. The SMILES string of the molecule is Cc1cccc(Cn2cccc(C(=O)N3CCN(S(=O)(=O)Cc4ccccc4)CC3)c2=O)c1. The Morgan fingerprint density at radius 2 is 1.58 bits per heavy atom. The van der Waals surface area contributed by atoms with Gasteiger partial charge >= 0.3 is 0 Å². The highest BCUT2D eigenvalue weighted by atomic mass is 32.2. The molecule has 2 heterocycles. The summed E-state index contributed by atoms with van der Waals surface area (Å²) in [5.74, 6) is -0.428. The van der Waals surface area contributed by atoms with Gasteiger partial charge in [-0.15, -0.1) is 0 Å².